The van der Waals surface area contributed by atoms with Gasteiger partial charge in [-0.25, -0.2) is 19.3 Å². The van der Waals surface area contributed by atoms with Gasteiger partial charge in [0.1, 0.15) is 5.82 Å². The Morgan fingerprint density at radius 2 is 1.92 bits per heavy atom. The van der Waals surface area contributed by atoms with Crippen molar-refractivity contribution in [1.29, 1.82) is 0 Å². The Balaban J connectivity index is 1.23. The lowest BCUT2D eigenvalue weighted by atomic mass is 9.84. The number of nitrogens with one attached hydrogen (secondary N) is 2. The number of hydrogen-bond donors (Lipinski definition) is 3. The summed E-state index contributed by atoms with van der Waals surface area (Å²) in [6.45, 7) is 3.32. The quantitative estimate of drug-likeness (QED) is 0.375. The molecule has 0 aliphatic carbocycles. The number of rotatable bonds is 5. The van der Waals surface area contributed by atoms with Crippen LogP contribution in [0.3, 0.4) is 0 Å². The number of aromatic nitrogens is 4. The average molecular weight is 506 g/mol. The molecular formula is C25H24FN7O4. The van der Waals surface area contributed by atoms with Gasteiger partial charge in [0.15, 0.2) is 5.89 Å². The lowest BCUT2D eigenvalue weighted by molar-refractivity contribution is -0.121. The second-order valence-corrected chi connectivity index (χ2v) is 9.35. The molecular weight excluding hydrogens is 481 g/mol. The van der Waals surface area contributed by atoms with Gasteiger partial charge in [0, 0.05) is 36.6 Å². The van der Waals surface area contributed by atoms with Crippen LogP contribution in [0.5, 0.6) is 0 Å². The molecule has 2 saturated heterocycles. The van der Waals surface area contributed by atoms with E-state index in [1.807, 2.05) is 0 Å². The SMILES string of the molecule is Cc1nc(C)c(C(=O)Nc2ccc(F)c(-c3cn4cc(NC(=O)[C@@H]5[C@@H]6CCC(O6)[C@@H]5N)cnc4n3)c2)o1. The van der Waals surface area contributed by atoms with Gasteiger partial charge in [0.2, 0.25) is 17.4 Å². The fraction of sp³-hybridized carbons (Fsp3) is 0.320. The minimum Gasteiger partial charge on any atom is -0.436 e. The lowest BCUT2D eigenvalue weighted by Crippen LogP contribution is -2.45. The van der Waals surface area contributed by atoms with Gasteiger partial charge in [0.05, 0.1) is 41.4 Å². The second kappa shape index (κ2) is 8.75. The summed E-state index contributed by atoms with van der Waals surface area (Å²) in [5.41, 5.74) is 7.94. The highest BCUT2D eigenvalue weighted by atomic mass is 19.1. The number of oxazole rings is 1. The maximum absolute atomic E-state index is 14.8. The van der Waals surface area contributed by atoms with Gasteiger partial charge < -0.3 is 25.5 Å². The van der Waals surface area contributed by atoms with Gasteiger partial charge >= 0.3 is 0 Å². The summed E-state index contributed by atoms with van der Waals surface area (Å²) in [5, 5.41) is 5.56. The van der Waals surface area contributed by atoms with E-state index in [-0.39, 0.29) is 35.5 Å². The van der Waals surface area contributed by atoms with Crippen LogP contribution < -0.4 is 16.4 Å². The molecule has 0 radical (unpaired) electrons. The maximum atomic E-state index is 14.8. The number of benzene rings is 1. The Morgan fingerprint density at radius 3 is 2.65 bits per heavy atom. The third-order valence-corrected chi connectivity index (χ3v) is 6.82. The van der Waals surface area contributed by atoms with Gasteiger partial charge in [-0.3, -0.25) is 14.0 Å². The minimum atomic E-state index is -0.521. The number of carbonyl (C=O) groups is 2. The molecule has 6 rings (SSSR count). The molecule has 11 nitrogen and oxygen atoms in total. The molecule has 12 heteroatoms. The normalized spacial score (nSPS) is 22.5. The van der Waals surface area contributed by atoms with Crippen molar-refractivity contribution in [3.63, 3.8) is 0 Å². The molecule has 5 heterocycles. The molecule has 2 fully saturated rings. The molecule has 2 aliphatic heterocycles. The first kappa shape index (κ1) is 23.3. The van der Waals surface area contributed by atoms with Crippen molar-refractivity contribution in [2.75, 3.05) is 10.6 Å². The van der Waals surface area contributed by atoms with Crippen molar-refractivity contribution in [2.24, 2.45) is 11.7 Å². The number of anilines is 2. The zero-order chi connectivity index (χ0) is 25.8. The fourth-order valence-electron chi connectivity index (χ4n) is 5.09. The van der Waals surface area contributed by atoms with Crippen molar-refractivity contribution >= 4 is 29.0 Å². The summed E-state index contributed by atoms with van der Waals surface area (Å²) >= 11 is 0. The Labute approximate surface area is 210 Å². The number of aryl methyl sites for hydroxylation is 2. The van der Waals surface area contributed by atoms with Crippen LogP contribution in [0, 0.1) is 25.6 Å². The van der Waals surface area contributed by atoms with Crippen molar-refractivity contribution in [2.45, 2.75) is 44.9 Å². The number of nitrogens with two attached hydrogens (primary N) is 1. The topological polar surface area (TPSA) is 150 Å². The Kier molecular flexibility index (Phi) is 5.50. The van der Waals surface area contributed by atoms with E-state index in [1.54, 1.807) is 30.6 Å². The molecule has 190 valence electrons. The number of carbonyl (C=O) groups excluding carboxylic acids is 2. The molecule has 0 spiro atoms. The van der Waals surface area contributed by atoms with E-state index < -0.39 is 17.6 Å². The summed E-state index contributed by atoms with van der Waals surface area (Å²) in [5.74, 6) is -0.859. The lowest BCUT2D eigenvalue weighted by Gasteiger charge is -2.23. The second-order valence-electron chi connectivity index (χ2n) is 9.35. The molecule has 37 heavy (non-hydrogen) atoms. The Hall–Kier alpha value is -4.16. The largest absolute Gasteiger partial charge is 0.436 e. The van der Waals surface area contributed by atoms with Crippen molar-refractivity contribution in [3.8, 4) is 11.3 Å². The highest BCUT2D eigenvalue weighted by molar-refractivity contribution is 6.03. The Morgan fingerprint density at radius 1 is 1.11 bits per heavy atom. The third kappa shape index (κ3) is 4.13. The molecule has 2 aliphatic rings. The maximum Gasteiger partial charge on any atom is 0.293 e. The predicted octanol–water partition coefficient (Wildman–Crippen LogP) is 2.84. The van der Waals surface area contributed by atoms with Gasteiger partial charge in [0.25, 0.3) is 5.91 Å². The highest BCUT2D eigenvalue weighted by Crippen LogP contribution is 2.38. The van der Waals surface area contributed by atoms with Crippen LogP contribution in [-0.2, 0) is 9.53 Å². The zero-order valence-electron chi connectivity index (χ0n) is 20.1. The van der Waals surface area contributed by atoms with Gasteiger partial charge in [-0.05, 0) is 38.0 Å². The van der Waals surface area contributed by atoms with Crippen molar-refractivity contribution in [1.82, 2.24) is 19.4 Å². The Bertz CT molecular complexity index is 1550. The number of imidazole rings is 1. The molecule has 1 unspecified atom stereocenters. The third-order valence-electron chi connectivity index (χ3n) is 6.82. The average Bonchev–Trinajstić information content (AvgIpc) is 3.63. The van der Waals surface area contributed by atoms with Crippen LogP contribution in [0.25, 0.3) is 17.0 Å². The first-order valence-corrected chi connectivity index (χ1v) is 11.9. The van der Waals surface area contributed by atoms with Crippen LogP contribution in [0.4, 0.5) is 15.8 Å². The minimum absolute atomic E-state index is 0.0723. The van der Waals surface area contributed by atoms with Crippen molar-refractivity contribution in [3.05, 3.63) is 60.0 Å². The number of nitrogens with zero attached hydrogens (tertiary/aromatic N) is 4. The first-order valence-electron chi connectivity index (χ1n) is 11.9. The molecule has 4 N–H and O–H groups in total. The fourth-order valence-corrected chi connectivity index (χ4v) is 5.09. The van der Waals surface area contributed by atoms with Crippen LogP contribution in [0.1, 0.15) is 35.0 Å². The van der Waals surface area contributed by atoms with E-state index in [4.69, 9.17) is 14.9 Å². The van der Waals surface area contributed by atoms with E-state index in [2.05, 4.69) is 25.6 Å². The van der Waals surface area contributed by atoms with E-state index in [1.165, 1.54) is 24.4 Å². The van der Waals surface area contributed by atoms with Crippen LogP contribution in [-0.4, -0.2) is 49.4 Å². The number of halogens is 1. The zero-order valence-corrected chi connectivity index (χ0v) is 20.1. The van der Waals surface area contributed by atoms with E-state index in [0.717, 1.165) is 12.8 Å². The predicted molar refractivity (Wildman–Crippen MR) is 130 cm³/mol. The number of hydrogen-bond acceptors (Lipinski definition) is 8. The highest BCUT2D eigenvalue weighted by Gasteiger charge is 2.50. The molecule has 1 aromatic carbocycles. The van der Waals surface area contributed by atoms with Crippen LogP contribution in [0.15, 0.2) is 41.2 Å². The molecule has 0 saturated carbocycles. The van der Waals surface area contributed by atoms with Gasteiger partial charge in [-0.15, -0.1) is 0 Å². The summed E-state index contributed by atoms with van der Waals surface area (Å²) < 4.78 is 27.5. The monoisotopic (exact) mass is 505 g/mol. The summed E-state index contributed by atoms with van der Waals surface area (Å²) in [7, 11) is 0. The molecule has 2 bridgehead atoms. The number of fused-ring (bicyclic) bond motifs is 3. The van der Waals surface area contributed by atoms with Crippen LogP contribution >= 0.6 is 0 Å². The molecule has 3 aromatic heterocycles. The number of amides is 2. The smallest absolute Gasteiger partial charge is 0.293 e. The van der Waals surface area contributed by atoms with Crippen molar-refractivity contribution < 1.29 is 23.1 Å². The molecule has 4 aromatic rings. The van der Waals surface area contributed by atoms with Crippen LogP contribution in [0.2, 0.25) is 0 Å². The summed E-state index contributed by atoms with van der Waals surface area (Å²) in [4.78, 5) is 38.2. The molecule has 4 atom stereocenters. The van der Waals surface area contributed by atoms with E-state index in [0.29, 0.717) is 34.4 Å². The van der Waals surface area contributed by atoms with E-state index in [9.17, 15) is 14.0 Å². The summed E-state index contributed by atoms with van der Waals surface area (Å²) in [6.07, 6.45) is 6.19. The number of ether oxygens (including phenoxy) is 1. The standard InChI is InChI=1S/C25H24FN7O4/c1-11-22(36-12(2)29-11)24(35)30-13-3-4-16(26)15(7-13)17-10-33-9-14(8-28-25(33)32-17)31-23(34)20-18-5-6-19(37-18)21(20)27/h3-4,7-10,18-21H,5-6,27H2,1-2H3,(H,30,35)(H,31,34)/t18-,19?,20+,21-/m0/s1. The molecule has 2 amide bonds. The van der Waals surface area contributed by atoms with Gasteiger partial charge in [-0.1, -0.05) is 0 Å². The van der Waals surface area contributed by atoms with Gasteiger partial charge in [-0.2, -0.15) is 0 Å². The summed E-state index contributed by atoms with van der Waals surface area (Å²) in [6, 6.07) is 3.84. The first-order chi connectivity index (χ1) is 17.8. The van der Waals surface area contributed by atoms with E-state index >= 15 is 0 Å².